The maximum atomic E-state index is 11.4. The minimum absolute atomic E-state index is 0.0108. The molecule has 1 rings (SSSR count). The van der Waals surface area contributed by atoms with Crippen molar-refractivity contribution < 1.29 is 19.3 Å². The Hall–Kier alpha value is -0.650. The van der Waals surface area contributed by atoms with Crippen molar-refractivity contribution in [3.8, 4) is 0 Å². The van der Waals surface area contributed by atoms with E-state index >= 15 is 0 Å². The number of rotatable bonds is 6. The number of nitrogens with zero attached hydrogens (tertiary/aromatic N) is 1. The van der Waals surface area contributed by atoms with Gasteiger partial charge in [0.25, 0.3) is 0 Å². The first-order valence-corrected chi connectivity index (χ1v) is 5.82. The smallest absolute Gasteiger partial charge is 0.345 e. The molecule has 0 bridgehead atoms. The number of carbonyl (C=O) groups is 1. The molecule has 0 aromatic rings. The summed E-state index contributed by atoms with van der Waals surface area (Å²) in [6, 6.07) is 0. The van der Waals surface area contributed by atoms with Crippen LogP contribution in [0, 0.1) is 5.92 Å². The average molecular weight is 231 g/mol. The molecule has 0 saturated carbocycles. The lowest BCUT2D eigenvalue weighted by Gasteiger charge is -2.30. The Bertz CT molecular complexity index is 202. The Morgan fingerprint density at radius 2 is 2.06 bits per heavy atom. The van der Waals surface area contributed by atoms with E-state index < -0.39 is 0 Å². The Morgan fingerprint density at radius 3 is 2.62 bits per heavy atom. The largest absolute Gasteiger partial charge is 0.380 e. The molecule has 1 aliphatic rings. The molecule has 0 aliphatic carbocycles. The molecule has 1 fully saturated rings. The molecule has 0 aromatic heterocycles. The van der Waals surface area contributed by atoms with Crippen LogP contribution in [-0.2, 0) is 19.3 Å². The van der Waals surface area contributed by atoms with Gasteiger partial charge in [0.2, 0.25) is 0 Å². The highest BCUT2D eigenvalue weighted by Crippen LogP contribution is 2.18. The second-order valence-corrected chi connectivity index (χ2v) is 3.88. The predicted molar refractivity (Wildman–Crippen MR) is 58.8 cm³/mol. The highest BCUT2D eigenvalue weighted by molar-refractivity contribution is 5.71. The summed E-state index contributed by atoms with van der Waals surface area (Å²) in [6.45, 7) is 6.32. The van der Waals surface area contributed by atoms with Crippen LogP contribution in [0.25, 0.3) is 0 Å². The van der Waals surface area contributed by atoms with Gasteiger partial charge >= 0.3 is 5.97 Å². The maximum Gasteiger partial charge on any atom is 0.345 e. The van der Waals surface area contributed by atoms with Crippen molar-refractivity contribution in [2.24, 2.45) is 5.92 Å². The number of hydrogen-bond donors (Lipinski definition) is 0. The first-order valence-electron chi connectivity index (χ1n) is 5.82. The minimum Gasteiger partial charge on any atom is -0.380 e. The fraction of sp³-hybridized carbons (Fsp3) is 0.909. The molecule has 0 N–H and O–H groups in total. The molecule has 1 heterocycles. The topological polar surface area (TPSA) is 48.0 Å². The van der Waals surface area contributed by atoms with Gasteiger partial charge in [0.1, 0.15) is 0 Å². The van der Waals surface area contributed by atoms with E-state index in [0.717, 1.165) is 45.7 Å². The summed E-state index contributed by atoms with van der Waals surface area (Å²) in [5.74, 6) is -0.254. The van der Waals surface area contributed by atoms with Crippen molar-refractivity contribution in [1.29, 1.82) is 0 Å². The van der Waals surface area contributed by atoms with Crippen LogP contribution in [-0.4, -0.2) is 50.8 Å². The molecule has 0 amide bonds. The first-order chi connectivity index (χ1) is 7.77. The van der Waals surface area contributed by atoms with Crippen LogP contribution in [0.3, 0.4) is 0 Å². The molecule has 1 aliphatic heterocycles. The normalized spacial score (nSPS) is 18.6. The highest BCUT2D eigenvalue weighted by atomic mass is 17.2. The molecule has 0 radical (unpaired) electrons. The third-order valence-electron chi connectivity index (χ3n) is 2.84. The van der Waals surface area contributed by atoms with E-state index in [1.807, 2.05) is 6.92 Å². The third-order valence-corrected chi connectivity index (χ3v) is 2.84. The van der Waals surface area contributed by atoms with Gasteiger partial charge in [-0.25, -0.2) is 4.79 Å². The lowest BCUT2D eigenvalue weighted by Crippen LogP contribution is -2.38. The van der Waals surface area contributed by atoms with Gasteiger partial charge in [-0.3, -0.25) is 4.89 Å². The number of likely N-dealkylation sites (tertiary alicyclic amines) is 1. The van der Waals surface area contributed by atoms with Crippen molar-refractivity contribution in [2.75, 3.05) is 40.0 Å². The van der Waals surface area contributed by atoms with Crippen LogP contribution >= 0.6 is 0 Å². The van der Waals surface area contributed by atoms with Crippen molar-refractivity contribution in [2.45, 2.75) is 19.8 Å². The lowest BCUT2D eigenvalue weighted by molar-refractivity contribution is -0.260. The molecule has 5 nitrogen and oxygen atoms in total. The number of ether oxygens (including phenoxy) is 1. The SMILES string of the molecule is CCOCCN1CCC(C(=O)OOC)CC1. The van der Waals surface area contributed by atoms with Crippen LogP contribution < -0.4 is 0 Å². The van der Waals surface area contributed by atoms with Crippen molar-refractivity contribution in [3.05, 3.63) is 0 Å². The predicted octanol–water partition coefficient (Wildman–Crippen LogP) is 0.839. The van der Waals surface area contributed by atoms with E-state index in [0.29, 0.717) is 0 Å². The lowest BCUT2D eigenvalue weighted by atomic mass is 9.97. The summed E-state index contributed by atoms with van der Waals surface area (Å²) in [4.78, 5) is 22.6. The number of carbonyl (C=O) groups excluding carboxylic acids is 1. The van der Waals surface area contributed by atoms with E-state index in [1.165, 1.54) is 7.11 Å². The summed E-state index contributed by atoms with van der Waals surface area (Å²) in [5, 5.41) is 0. The van der Waals surface area contributed by atoms with Crippen LogP contribution in [0.4, 0.5) is 0 Å². The van der Waals surface area contributed by atoms with Gasteiger partial charge in [-0.05, 0) is 32.9 Å². The molecule has 0 unspecified atom stereocenters. The standard InChI is InChI=1S/C11H21NO4/c1-3-15-9-8-12-6-4-10(5-7-12)11(13)16-14-2/h10H,3-9H2,1-2H3. The van der Waals surface area contributed by atoms with E-state index in [2.05, 4.69) is 14.7 Å². The third kappa shape index (κ3) is 4.47. The van der Waals surface area contributed by atoms with Gasteiger partial charge in [-0.1, -0.05) is 0 Å². The second-order valence-electron chi connectivity index (χ2n) is 3.88. The molecule has 0 aromatic carbocycles. The molecule has 5 heteroatoms. The molecule has 0 spiro atoms. The van der Waals surface area contributed by atoms with Crippen molar-refractivity contribution >= 4 is 5.97 Å². The molecule has 0 atom stereocenters. The molecule has 16 heavy (non-hydrogen) atoms. The summed E-state index contributed by atoms with van der Waals surface area (Å²) >= 11 is 0. The van der Waals surface area contributed by atoms with Crippen LogP contribution in [0.5, 0.6) is 0 Å². The van der Waals surface area contributed by atoms with E-state index in [1.54, 1.807) is 0 Å². The van der Waals surface area contributed by atoms with Crippen LogP contribution in [0.15, 0.2) is 0 Å². The minimum atomic E-state index is -0.244. The van der Waals surface area contributed by atoms with Gasteiger partial charge < -0.3 is 9.64 Å². The second kappa shape index (κ2) is 7.60. The fourth-order valence-corrected chi connectivity index (χ4v) is 1.88. The molecule has 94 valence electrons. The van der Waals surface area contributed by atoms with Gasteiger partial charge in [-0.2, -0.15) is 4.89 Å². The molecular formula is C11H21NO4. The summed E-state index contributed by atoms with van der Waals surface area (Å²) in [6.07, 6.45) is 1.68. The van der Waals surface area contributed by atoms with Crippen molar-refractivity contribution in [3.63, 3.8) is 0 Å². The average Bonchev–Trinajstić information content (AvgIpc) is 2.30. The maximum absolute atomic E-state index is 11.4. The summed E-state index contributed by atoms with van der Waals surface area (Å²) < 4.78 is 5.30. The summed E-state index contributed by atoms with van der Waals surface area (Å²) in [7, 11) is 1.36. The Balaban J connectivity index is 2.15. The molecule has 1 saturated heterocycles. The summed E-state index contributed by atoms with van der Waals surface area (Å²) in [5.41, 5.74) is 0. The van der Waals surface area contributed by atoms with E-state index in [4.69, 9.17) is 4.74 Å². The number of piperidine rings is 1. The Morgan fingerprint density at radius 1 is 1.38 bits per heavy atom. The van der Waals surface area contributed by atoms with Gasteiger partial charge in [-0.15, -0.1) is 0 Å². The zero-order valence-electron chi connectivity index (χ0n) is 10.1. The van der Waals surface area contributed by atoms with Gasteiger partial charge in [0.05, 0.1) is 19.6 Å². The fourth-order valence-electron chi connectivity index (χ4n) is 1.88. The van der Waals surface area contributed by atoms with Crippen molar-refractivity contribution in [1.82, 2.24) is 4.90 Å². The van der Waals surface area contributed by atoms with Gasteiger partial charge in [0.15, 0.2) is 0 Å². The first kappa shape index (κ1) is 13.4. The van der Waals surface area contributed by atoms with E-state index in [-0.39, 0.29) is 11.9 Å². The molecular weight excluding hydrogens is 210 g/mol. The zero-order valence-corrected chi connectivity index (χ0v) is 10.1. The Labute approximate surface area is 96.6 Å². The monoisotopic (exact) mass is 231 g/mol. The zero-order chi connectivity index (χ0) is 11.8. The Kier molecular flexibility index (Phi) is 6.37. The van der Waals surface area contributed by atoms with E-state index in [9.17, 15) is 4.79 Å². The van der Waals surface area contributed by atoms with Crippen LogP contribution in [0.1, 0.15) is 19.8 Å². The number of hydrogen-bond acceptors (Lipinski definition) is 5. The quantitative estimate of drug-likeness (QED) is 0.385. The van der Waals surface area contributed by atoms with Gasteiger partial charge in [0, 0.05) is 13.2 Å². The highest BCUT2D eigenvalue weighted by Gasteiger charge is 2.26. The van der Waals surface area contributed by atoms with Crippen LogP contribution in [0.2, 0.25) is 0 Å².